The number of fused-ring (bicyclic) bond motifs is 1. The van der Waals surface area contributed by atoms with Crippen molar-refractivity contribution in [1.29, 1.82) is 0 Å². The van der Waals surface area contributed by atoms with Crippen LogP contribution in [0.4, 0.5) is 5.82 Å². The van der Waals surface area contributed by atoms with Gasteiger partial charge in [-0.15, -0.1) is 17.5 Å². The van der Waals surface area contributed by atoms with Crippen molar-refractivity contribution in [3.8, 4) is 0 Å². The Morgan fingerprint density at radius 1 is 1.50 bits per heavy atom. The number of hydrogen-bond donors (Lipinski definition) is 2. The van der Waals surface area contributed by atoms with Gasteiger partial charge >= 0.3 is 5.97 Å². The maximum Gasteiger partial charge on any atom is 0.341 e. The minimum atomic E-state index is -1.06. The molecule has 0 unspecified atom stereocenters. The number of carboxylic acid groups (broad SMARTS) is 1. The predicted molar refractivity (Wildman–Crippen MR) is 53.8 cm³/mol. The molecule has 0 amide bonds. The molecule has 2 rings (SSSR count). The number of carbonyl (C=O) groups is 1. The van der Waals surface area contributed by atoms with Crippen LogP contribution >= 0.6 is 12.4 Å². The molecule has 74 valence electrons. The topological polar surface area (TPSA) is 80.6 Å². The van der Waals surface area contributed by atoms with Gasteiger partial charge in [-0.2, -0.15) is 0 Å². The number of carboxylic acids is 1. The van der Waals surface area contributed by atoms with E-state index in [1.165, 1.54) is 4.52 Å². The zero-order chi connectivity index (χ0) is 9.42. The zero-order valence-electron chi connectivity index (χ0n) is 7.04. The fraction of sp³-hybridized carbons (Fsp3) is 0. The largest absolute Gasteiger partial charge is 0.477 e. The van der Waals surface area contributed by atoms with E-state index in [2.05, 4.69) is 5.10 Å². The number of aromatic carboxylic acids is 1. The van der Waals surface area contributed by atoms with Gasteiger partial charge in [-0.1, -0.05) is 6.07 Å². The molecule has 0 atom stereocenters. The molecule has 0 aliphatic rings. The Hall–Kier alpha value is -1.75. The van der Waals surface area contributed by atoms with Gasteiger partial charge in [0.15, 0.2) is 5.82 Å². The van der Waals surface area contributed by atoms with Crippen LogP contribution in [0.2, 0.25) is 0 Å². The SMILES string of the molecule is Cl.Nc1nn2ccccc2c1C(=O)O. The molecule has 0 bridgehead atoms. The highest BCUT2D eigenvalue weighted by molar-refractivity contribution is 6.00. The molecular formula is C8H8ClN3O2. The molecule has 0 saturated carbocycles. The van der Waals surface area contributed by atoms with Crippen molar-refractivity contribution in [2.75, 3.05) is 5.73 Å². The zero-order valence-corrected chi connectivity index (χ0v) is 7.86. The summed E-state index contributed by atoms with van der Waals surface area (Å²) < 4.78 is 1.44. The molecule has 0 radical (unpaired) electrons. The lowest BCUT2D eigenvalue weighted by atomic mass is 10.2. The van der Waals surface area contributed by atoms with Crippen LogP contribution in [0.25, 0.3) is 5.52 Å². The molecule has 2 aromatic rings. The number of nitrogen functional groups attached to an aromatic ring is 1. The first-order valence-electron chi connectivity index (χ1n) is 3.66. The van der Waals surface area contributed by atoms with Crippen LogP contribution in [0.15, 0.2) is 24.4 Å². The van der Waals surface area contributed by atoms with Gasteiger partial charge in [0.05, 0.1) is 5.52 Å². The van der Waals surface area contributed by atoms with E-state index < -0.39 is 5.97 Å². The highest BCUT2D eigenvalue weighted by Crippen LogP contribution is 2.16. The van der Waals surface area contributed by atoms with Crippen molar-refractivity contribution in [2.45, 2.75) is 0 Å². The number of aromatic nitrogens is 2. The Bertz CT molecular complexity index is 480. The minimum Gasteiger partial charge on any atom is -0.477 e. The minimum absolute atomic E-state index is 0. The van der Waals surface area contributed by atoms with E-state index in [9.17, 15) is 4.79 Å². The first kappa shape index (κ1) is 10.3. The third-order valence-electron chi connectivity index (χ3n) is 1.78. The van der Waals surface area contributed by atoms with E-state index in [1.807, 2.05) is 0 Å². The van der Waals surface area contributed by atoms with Gasteiger partial charge in [-0.3, -0.25) is 0 Å². The van der Waals surface area contributed by atoms with Crippen LogP contribution in [-0.4, -0.2) is 20.7 Å². The van der Waals surface area contributed by atoms with Gasteiger partial charge in [-0.25, -0.2) is 9.31 Å². The molecule has 0 aliphatic carbocycles. The molecule has 14 heavy (non-hydrogen) atoms. The average Bonchev–Trinajstić information content (AvgIpc) is 2.39. The van der Waals surface area contributed by atoms with Crippen molar-refractivity contribution in [2.24, 2.45) is 0 Å². The van der Waals surface area contributed by atoms with Crippen molar-refractivity contribution in [3.63, 3.8) is 0 Å². The average molecular weight is 214 g/mol. The summed E-state index contributed by atoms with van der Waals surface area (Å²) in [4.78, 5) is 10.8. The van der Waals surface area contributed by atoms with Gasteiger partial charge in [0.2, 0.25) is 0 Å². The summed E-state index contributed by atoms with van der Waals surface area (Å²) in [5.74, 6) is -1.02. The molecule has 0 saturated heterocycles. The van der Waals surface area contributed by atoms with Crippen LogP contribution in [0, 0.1) is 0 Å². The summed E-state index contributed by atoms with van der Waals surface area (Å²) in [7, 11) is 0. The molecule has 2 aromatic heterocycles. The number of halogens is 1. The second-order valence-electron chi connectivity index (χ2n) is 2.60. The number of hydrogen-bond acceptors (Lipinski definition) is 3. The van der Waals surface area contributed by atoms with Gasteiger partial charge in [0.1, 0.15) is 5.56 Å². The highest BCUT2D eigenvalue weighted by atomic mass is 35.5. The first-order valence-corrected chi connectivity index (χ1v) is 3.66. The third kappa shape index (κ3) is 1.38. The van der Waals surface area contributed by atoms with Crippen LogP contribution in [0.1, 0.15) is 10.4 Å². The monoisotopic (exact) mass is 213 g/mol. The molecule has 3 N–H and O–H groups in total. The number of pyridine rings is 1. The normalized spacial score (nSPS) is 9.71. The van der Waals surface area contributed by atoms with E-state index in [0.29, 0.717) is 5.52 Å². The standard InChI is InChI=1S/C8H7N3O2.ClH/c9-7-6(8(12)13)5-3-1-2-4-11(5)10-7;/h1-4H,(H2,9,10)(H,12,13);1H. The Labute approximate surface area is 85.6 Å². The van der Waals surface area contributed by atoms with E-state index in [4.69, 9.17) is 10.8 Å². The van der Waals surface area contributed by atoms with E-state index in [0.717, 1.165) is 0 Å². The molecule has 0 spiro atoms. The summed E-state index contributed by atoms with van der Waals surface area (Å²) in [6.07, 6.45) is 1.65. The summed E-state index contributed by atoms with van der Waals surface area (Å²) >= 11 is 0. The lowest BCUT2D eigenvalue weighted by Crippen LogP contribution is -1.99. The highest BCUT2D eigenvalue weighted by Gasteiger charge is 2.15. The van der Waals surface area contributed by atoms with Crippen LogP contribution < -0.4 is 5.73 Å². The summed E-state index contributed by atoms with van der Waals surface area (Å²) in [5.41, 5.74) is 6.00. The van der Waals surface area contributed by atoms with Crippen molar-refractivity contribution in [1.82, 2.24) is 9.61 Å². The van der Waals surface area contributed by atoms with Crippen molar-refractivity contribution >= 4 is 29.7 Å². The van der Waals surface area contributed by atoms with E-state index >= 15 is 0 Å². The fourth-order valence-corrected chi connectivity index (χ4v) is 1.24. The fourth-order valence-electron chi connectivity index (χ4n) is 1.24. The number of nitrogens with two attached hydrogens (primary N) is 1. The van der Waals surface area contributed by atoms with E-state index in [-0.39, 0.29) is 23.8 Å². The Morgan fingerprint density at radius 3 is 2.86 bits per heavy atom. The van der Waals surface area contributed by atoms with Gasteiger partial charge in [0, 0.05) is 6.20 Å². The summed E-state index contributed by atoms with van der Waals surface area (Å²) in [6, 6.07) is 5.15. The lowest BCUT2D eigenvalue weighted by Gasteiger charge is -1.91. The maximum absolute atomic E-state index is 10.8. The quantitative estimate of drug-likeness (QED) is 0.742. The first-order chi connectivity index (χ1) is 6.20. The second kappa shape index (κ2) is 3.55. The summed E-state index contributed by atoms with van der Waals surface area (Å²) in [5, 5.41) is 12.7. The van der Waals surface area contributed by atoms with Crippen molar-refractivity contribution < 1.29 is 9.90 Å². The Balaban J connectivity index is 0.000000980. The molecule has 2 heterocycles. The third-order valence-corrected chi connectivity index (χ3v) is 1.78. The van der Waals surface area contributed by atoms with Crippen LogP contribution in [0.5, 0.6) is 0 Å². The molecule has 5 nitrogen and oxygen atoms in total. The number of anilines is 1. The molecule has 0 fully saturated rings. The van der Waals surface area contributed by atoms with Crippen molar-refractivity contribution in [3.05, 3.63) is 30.0 Å². The summed E-state index contributed by atoms with van der Waals surface area (Å²) in [6.45, 7) is 0. The Morgan fingerprint density at radius 2 is 2.21 bits per heavy atom. The number of rotatable bonds is 1. The lowest BCUT2D eigenvalue weighted by molar-refractivity contribution is 0.0700. The second-order valence-corrected chi connectivity index (χ2v) is 2.60. The van der Waals surface area contributed by atoms with Gasteiger partial charge in [0.25, 0.3) is 0 Å². The molecular weight excluding hydrogens is 206 g/mol. The van der Waals surface area contributed by atoms with Crippen LogP contribution in [0.3, 0.4) is 0 Å². The Kier molecular flexibility index (Phi) is 2.62. The predicted octanol–water partition coefficient (Wildman–Crippen LogP) is 1.04. The molecule has 0 aromatic carbocycles. The number of nitrogens with zero attached hydrogens (tertiary/aromatic N) is 2. The van der Waals surface area contributed by atoms with Crippen LogP contribution in [-0.2, 0) is 0 Å². The van der Waals surface area contributed by atoms with Gasteiger partial charge < -0.3 is 10.8 Å². The smallest absolute Gasteiger partial charge is 0.341 e. The van der Waals surface area contributed by atoms with Gasteiger partial charge in [-0.05, 0) is 12.1 Å². The molecule has 0 aliphatic heterocycles. The van der Waals surface area contributed by atoms with E-state index in [1.54, 1.807) is 24.4 Å². The molecule has 6 heteroatoms. The maximum atomic E-state index is 10.8.